The summed E-state index contributed by atoms with van der Waals surface area (Å²) in [5, 5.41) is 0.456. The minimum Gasteiger partial charge on any atom is -0.340 e. The second kappa shape index (κ2) is 6.11. The molecule has 1 aromatic carbocycles. The molecule has 5 nitrogen and oxygen atoms in total. The van der Waals surface area contributed by atoms with Gasteiger partial charge in [-0.1, -0.05) is 11.6 Å². The zero-order valence-electron chi connectivity index (χ0n) is 11.0. The van der Waals surface area contributed by atoms with Crippen LogP contribution < -0.4 is 5.73 Å². The number of nitrogens with two attached hydrogens (primary N) is 1. The molecule has 0 unspecified atom stereocenters. The third-order valence-corrected chi connectivity index (χ3v) is 5.17. The molecule has 1 atom stereocenters. The van der Waals surface area contributed by atoms with E-state index in [9.17, 15) is 13.2 Å². The Kier molecular flexibility index (Phi) is 4.67. The van der Waals surface area contributed by atoms with Gasteiger partial charge in [-0.25, -0.2) is 8.42 Å². The van der Waals surface area contributed by atoms with Crippen molar-refractivity contribution in [3.8, 4) is 0 Å². The Morgan fingerprint density at radius 3 is 2.60 bits per heavy atom. The van der Waals surface area contributed by atoms with E-state index in [-0.39, 0.29) is 10.9 Å². The Bertz CT molecular complexity index is 586. The van der Waals surface area contributed by atoms with Gasteiger partial charge in [-0.05, 0) is 37.1 Å². The van der Waals surface area contributed by atoms with Crippen molar-refractivity contribution < 1.29 is 13.2 Å². The number of likely N-dealkylation sites (tertiary alicyclic amines) is 1. The Morgan fingerprint density at radius 2 is 2.00 bits per heavy atom. The van der Waals surface area contributed by atoms with Crippen molar-refractivity contribution in [2.24, 2.45) is 5.73 Å². The van der Waals surface area contributed by atoms with Crippen LogP contribution in [0.25, 0.3) is 0 Å². The topological polar surface area (TPSA) is 80.5 Å². The third-order valence-electron chi connectivity index (χ3n) is 3.30. The summed E-state index contributed by atoms with van der Waals surface area (Å²) in [7, 11) is -3.63. The first kappa shape index (κ1) is 15.3. The molecule has 110 valence electrons. The Balaban J connectivity index is 2.08. The number of hydrogen-bond acceptors (Lipinski definition) is 4. The Labute approximate surface area is 123 Å². The Hall–Kier alpha value is -1.11. The number of sulfone groups is 1. The molecule has 2 N–H and O–H groups in total. The van der Waals surface area contributed by atoms with Crippen LogP contribution in [0.2, 0.25) is 5.02 Å². The number of halogens is 1. The minimum atomic E-state index is -3.63. The molecule has 1 amide bonds. The number of nitrogens with zero attached hydrogens (tertiary/aromatic N) is 1. The van der Waals surface area contributed by atoms with Gasteiger partial charge in [0.15, 0.2) is 9.84 Å². The molecule has 1 fully saturated rings. The van der Waals surface area contributed by atoms with E-state index in [0.717, 1.165) is 12.8 Å². The van der Waals surface area contributed by atoms with Gasteiger partial charge in [-0.3, -0.25) is 4.79 Å². The van der Waals surface area contributed by atoms with Crippen LogP contribution >= 0.6 is 11.6 Å². The molecule has 0 spiro atoms. The van der Waals surface area contributed by atoms with E-state index in [0.29, 0.717) is 18.1 Å². The summed E-state index contributed by atoms with van der Waals surface area (Å²) in [4.78, 5) is 13.7. The van der Waals surface area contributed by atoms with Gasteiger partial charge in [-0.2, -0.15) is 0 Å². The van der Waals surface area contributed by atoms with Crippen molar-refractivity contribution in [3.05, 3.63) is 29.3 Å². The van der Waals surface area contributed by atoms with Crippen LogP contribution in [0.1, 0.15) is 12.8 Å². The van der Waals surface area contributed by atoms with E-state index >= 15 is 0 Å². The molecule has 7 heteroatoms. The van der Waals surface area contributed by atoms with Crippen molar-refractivity contribution in [1.29, 1.82) is 0 Å². The first-order valence-electron chi connectivity index (χ1n) is 6.40. The number of rotatable bonds is 3. The summed E-state index contributed by atoms with van der Waals surface area (Å²) in [5.74, 6) is -0.920. The van der Waals surface area contributed by atoms with E-state index in [4.69, 9.17) is 17.3 Å². The number of hydrogen-bond donors (Lipinski definition) is 1. The maximum atomic E-state index is 12.2. The molecular weight excluding hydrogens is 300 g/mol. The minimum absolute atomic E-state index is 0.0639. The van der Waals surface area contributed by atoms with Crippen LogP contribution in [0.5, 0.6) is 0 Å². The lowest BCUT2D eigenvalue weighted by Gasteiger charge is -2.30. The number of piperidine rings is 1. The molecule has 1 heterocycles. The number of carbonyl (C=O) groups is 1. The molecule has 2 rings (SSSR count). The predicted octanol–water partition coefficient (Wildman–Crippen LogP) is 1.06. The normalized spacial score (nSPS) is 19.9. The molecule has 20 heavy (non-hydrogen) atoms. The van der Waals surface area contributed by atoms with Gasteiger partial charge in [0, 0.05) is 24.2 Å². The molecule has 0 aromatic heterocycles. The van der Waals surface area contributed by atoms with Gasteiger partial charge in [-0.15, -0.1) is 0 Å². The Morgan fingerprint density at radius 1 is 1.35 bits per heavy atom. The van der Waals surface area contributed by atoms with Gasteiger partial charge in [0.1, 0.15) is 5.75 Å². The monoisotopic (exact) mass is 316 g/mol. The lowest BCUT2D eigenvalue weighted by atomic mass is 10.1. The lowest BCUT2D eigenvalue weighted by molar-refractivity contribution is -0.129. The molecule has 1 aliphatic rings. The largest absolute Gasteiger partial charge is 0.340 e. The fraction of sp³-hybridized carbons (Fsp3) is 0.462. The molecule has 0 bridgehead atoms. The highest BCUT2D eigenvalue weighted by Gasteiger charge is 2.26. The highest BCUT2D eigenvalue weighted by atomic mass is 35.5. The van der Waals surface area contributed by atoms with E-state index in [2.05, 4.69) is 0 Å². The van der Waals surface area contributed by atoms with Gasteiger partial charge in [0.2, 0.25) is 5.91 Å². The summed E-state index contributed by atoms with van der Waals surface area (Å²) in [6.45, 7) is 0.998. The van der Waals surface area contributed by atoms with Crippen LogP contribution in [0, 0.1) is 0 Å². The highest BCUT2D eigenvalue weighted by Crippen LogP contribution is 2.17. The fourth-order valence-corrected chi connectivity index (χ4v) is 3.57. The van der Waals surface area contributed by atoms with Crippen molar-refractivity contribution in [3.63, 3.8) is 0 Å². The number of benzene rings is 1. The first-order valence-corrected chi connectivity index (χ1v) is 8.43. The molecule has 1 aliphatic heterocycles. The second-order valence-corrected chi connectivity index (χ2v) is 7.38. The molecule has 1 aromatic rings. The molecule has 0 saturated carbocycles. The maximum absolute atomic E-state index is 12.2. The van der Waals surface area contributed by atoms with E-state index in [1.165, 1.54) is 29.2 Å². The van der Waals surface area contributed by atoms with Crippen molar-refractivity contribution in [2.75, 3.05) is 18.8 Å². The third kappa shape index (κ3) is 3.71. The lowest BCUT2D eigenvalue weighted by Crippen LogP contribution is -2.47. The first-order chi connectivity index (χ1) is 9.38. The van der Waals surface area contributed by atoms with Crippen molar-refractivity contribution in [1.82, 2.24) is 4.90 Å². The number of carbonyl (C=O) groups excluding carboxylic acids is 1. The SMILES string of the molecule is N[C@H]1CCCN(C(=O)CS(=O)(=O)c2ccc(Cl)cc2)C1. The zero-order chi connectivity index (χ0) is 14.8. The summed E-state index contributed by atoms with van der Waals surface area (Å²) in [5.41, 5.74) is 5.80. The van der Waals surface area contributed by atoms with Crippen LogP contribution in [-0.2, 0) is 14.6 Å². The van der Waals surface area contributed by atoms with E-state index in [1.807, 2.05) is 0 Å². The van der Waals surface area contributed by atoms with Gasteiger partial charge < -0.3 is 10.6 Å². The molecule has 1 saturated heterocycles. The summed E-state index contributed by atoms with van der Waals surface area (Å²) < 4.78 is 24.3. The van der Waals surface area contributed by atoms with Gasteiger partial charge in [0.25, 0.3) is 0 Å². The van der Waals surface area contributed by atoms with Crippen LogP contribution in [0.3, 0.4) is 0 Å². The van der Waals surface area contributed by atoms with Crippen LogP contribution in [0.15, 0.2) is 29.2 Å². The standard InChI is InChI=1S/C13H17ClN2O3S/c14-10-3-5-12(6-4-10)20(18,19)9-13(17)16-7-1-2-11(15)8-16/h3-6,11H,1-2,7-9,15H2/t11-/m0/s1. The van der Waals surface area contributed by atoms with E-state index in [1.54, 1.807) is 0 Å². The van der Waals surface area contributed by atoms with Gasteiger partial charge >= 0.3 is 0 Å². The average molecular weight is 317 g/mol. The van der Waals surface area contributed by atoms with Gasteiger partial charge in [0.05, 0.1) is 4.90 Å². The maximum Gasteiger partial charge on any atom is 0.238 e. The quantitative estimate of drug-likeness (QED) is 0.904. The second-order valence-electron chi connectivity index (χ2n) is 4.96. The van der Waals surface area contributed by atoms with Crippen LogP contribution in [-0.4, -0.2) is 44.1 Å². The highest BCUT2D eigenvalue weighted by molar-refractivity contribution is 7.92. The average Bonchev–Trinajstić information content (AvgIpc) is 2.38. The number of amides is 1. The molecule has 0 aliphatic carbocycles. The van der Waals surface area contributed by atoms with Crippen molar-refractivity contribution in [2.45, 2.75) is 23.8 Å². The summed E-state index contributed by atoms with van der Waals surface area (Å²) in [6, 6.07) is 5.75. The van der Waals surface area contributed by atoms with Crippen LogP contribution in [0.4, 0.5) is 0 Å². The zero-order valence-corrected chi connectivity index (χ0v) is 12.5. The summed E-state index contributed by atoms with van der Waals surface area (Å²) in [6.07, 6.45) is 1.68. The van der Waals surface area contributed by atoms with E-state index < -0.39 is 21.5 Å². The molecule has 0 radical (unpaired) electrons. The van der Waals surface area contributed by atoms with Crippen molar-refractivity contribution >= 4 is 27.3 Å². The molecular formula is C13H17ClN2O3S. The fourth-order valence-electron chi connectivity index (χ4n) is 2.22. The smallest absolute Gasteiger partial charge is 0.238 e. The predicted molar refractivity (Wildman–Crippen MR) is 77.3 cm³/mol. The summed E-state index contributed by atoms with van der Waals surface area (Å²) >= 11 is 5.72.